The fourth-order valence-corrected chi connectivity index (χ4v) is 3.37. The normalized spacial score (nSPS) is 12.1. The zero-order valence-electron chi connectivity index (χ0n) is 16.3. The number of imidazole rings is 1. The van der Waals surface area contributed by atoms with E-state index in [1.165, 1.54) is 5.56 Å². The number of benzene rings is 2. The van der Waals surface area contributed by atoms with Crippen LogP contribution >= 0.6 is 0 Å². The summed E-state index contributed by atoms with van der Waals surface area (Å²) in [5.41, 5.74) is 6.27. The maximum absolute atomic E-state index is 13.3. The minimum Gasteiger partial charge on any atom is -0.344 e. The molecule has 0 aliphatic rings. The second-order valence-electron chi connectivity index (χ2n) is 7.22. The monoisotopic (exact) mass is 369 g/mol. The number of aromatic nitrogens is 2. The molecule has 0 saturated carbocycles. The van der Waals surface area contributed by atoms with E-state index in [9.17, 15) is 4.79 Å². The van der Waals surface area contributed by atoms with Crippen LogP contribution in [-0.4, -0.2) is 15.3 Å². The summed E-state index contributed by atoms with van der Waals surface area (Å²) < 4.78 is 1.89. The summed E-state index contributed by atoms with van der Waals surface area (Å²) in [4.78, 5) is 18.1. The molecule has 0 saturated heterocycles. The van der Waals surface area contributed by atoms with Crippen molar-refractivity contribution in [1.82, 2.24) is 14.7 Å². The highest BCUT2D eigenvalue weighted by atomic mass is 16.2. The third-order valence-corrected chi connectivity index (χ3v) is 4.95. The Morgan fingerprint density at radius 2 is 1.61 bits per heavy atom. The number of hydrogen-bond acceptors (Lipinski definition) is 2. The number of carbonyl (C=O) groups is 1. The van der Waals surface area contributed by atoms with Gasteiger partial charge in [-0.2, -0.15) is 0 Å². The SMILES string of the molecule is Cc1ccc(-c2nc3ccc(C)cn3c2C(=O)NC(C)c2ccccc2)cc1. The van der Waals surface area contributed by atoms with Crippen molar-refractivity contribution >= 4 is 11.6 Å². The van der Waals surface area contributed by atoms with Crippen LogP contribution in [0.5, 0.6) is 0 Å². The van der Waals surface area contributed by atoms with Gasteiger partial charge in [0, 0.05) is 11.8 Å². The zero-order valence-corrected chi connectivity index (χ0v) is 16.3. The van der Waals surface area contributed by atoms with Gasteiger partial charge in [0.15, 0.2) is 0 Å². The van der Waals surface area contributed by atoms with Crippen LogP contribution in [0.25, 0.3) is 16.9 Å². The van der Waals surface area contributed by atoms with Crippen molar-refractivity contribution in [2.24, 2.45) is 0 Å². The fraction of sp³-hybridized carbons (Fsp3) is 0.167. The van der Waals surface area contributed by atoms with Crippen LogP contribution in [-0.2, 0) is 0 Å². The Morgan fingerprint density at radius 3 is 2.32 bits per heavy atom. The Bertz CT molecular complexity index is 1130. The van der Waals surface area contributed by atoms with E-state index in [0.717, 1.165) is 22.3 Å². The third-order valence-electron chi connectivity index (χ3n) is 4.95. The molecule has 2 heterocycles. The number of pyridine rings is 1. The number of amides is 1. The van der Waals surface area contributed by atoms with Crippen molar-refractivity contribution in [2.45, 2.75) is 26.8 Å². The van der Waals surface area contributed by atoms with E-state index in [4.69, 9.17) is 4.98 Å². The molecule has 0 spiro atoms. The Balaban J connectivity index is 1.79. The lowest BCUT2D eigenvalue weighted by Crippen LogP contribution is -2.28. The van der Waals surface area contributed by atoms with E-state index in [2.05, 4.69) is 5.32 Å². The molecule has 0 aliphatic heterocycles. The van der Waals surface area contributed by atoms with Crippen LogP contribution in [0.1, 0.15) is 40.1 Å². The molecule has 0 radical (unpaired) electrons. The smallest absolute Gasteiger partial charge is 0.271 e. The summed E-state index contributed by atoms with van der Waals surface area (Å²) in [6.45, 7) is 6.05. The van der Waals surface area contributed by atoms with Gasteiger partial charge < -0.3 is 5.32 Å². The van der Waals surface area contributed by atoms with Crippen LogP contribution in [0.15, 0.2) is 72.9 Å². The molecule has 4 heteroatoms. The summed E-state index contributed by atoms with van der Waals surface area (Å²) in [6.07, 6.45) is 1.96. The first-order chi connectivity index (χ1) is 13.5. The highest BCUT2D eigenvalue weighted by molar-refractivity contribution is 6.00. The first kappa shape index (κ1) is 18.0. The Kier molecular flexibility index (Phi) is 4.70. The average Bonchev–Trinajstić information content (AvgIpc) is 3.07. The van der Waals surface area contributed by atoms with Crippen LogP contribution < -0.4 is 5.32 Å². The van der Waals surface area contributed by atoms with Gasteiger partial charge in [-0.3, -0.25) is 9.20 Å². The fourth-order valence-electron chi connectivity index (χ4n) is 3.37. The molecular formula is C24H23N3O. The van der Waals surface area contributed by atoms with Gasteiger partial charge >= 0.3 is 0 Å². The standard InChI is InChI=1S/C24H23N3O/c1-16-9-12-20(13-10-16)22-23(27-15-17(2)11-14-21(27)26-22)24(28)25-18(3)19-7-5-4-6-8-19/h4-15,18H,1-3H3,(H,25,28). The van der Waals surface area contributed by atoms with Crippen molar-refractivity contribution in [1.29, 1.82) is 0 Å². The summed E-state index contributed by atoms with van der Waals surface area (Å²) in [6, 6.07) is 21.9. The van der Waals surface area contributed by atoms with E-state index >= 15 is 0 Å². The van der Waals surface area contributed by atoms with Crippen LogP contribution in [0.3, 0.4) is 0 Å². The molecule has 2 aromatic heterocycles. The van der Waals surface area contributed by atoms with Crippen molar-refractivity contribution in [3.05, 3.63) is 95.3 Å². The van der Waals surface area contributed by atoms with Gasteiger partial charge in [0.1, 0.15) is 17.0 Å². The van der Waals surface area contributed by atoms with E-state index in [-0.39, 0.29) is 11.9 Å². The molecule has 28 heavy (non-hydrogen) atoms. The molecule has 1 atom stereocenters. The van der Waals surface area contributed by atoms with Crippen LogP contribution in [0.2, 0.25) is 0 Å². The molecule has 140 valence electrons. The van der Waals surface area contributed by atoms with Gasteiger partial charge in [0.05, 0.1) is 6.04 Å². The highest BCUT2D eigenvalue weighted by Crippen LogP contribution is 2.26. The molecule has 1 N–H and O–H groups in total. The van der Waals surface area contributed by atoms with E-state index in [0.29, 0.717) is 11.4 Å². The molecule has 4 rings (SSSR count). The van der Waals surface area contributed by atoms with Gasteiger partial charge in [0.25, 0.3) is 5.91 Å². The minimum atomic E-state index is -0.134. The van der Waals surface area contributed by atoms with Gasteiger partial charge in [-0.15, -0.1) is 0 Å². The summed E-state index contributed by atoms with van der Waals surface area (Å²) >= 11 is 0. The first-order valence-corrected chi connectivity index (χ1v) is 9.44. The lowest BCUT2D eigenvalue weighted by atomic mass is 10.1. The molecule has 4 nitrogen and oxygen atoms in total. The van der Waals surface area contributed by atoms with Crippen molar-refractivity contribution in [3.63, 3.8) is 0 Å². The summed E-state index contributed by atoms with van der Waals surface area (Å²) in [5.74, 6) is -0.134. The maximum atomic E-state index is 13.3. The number of hydrogen-bond donors (Lipinski definition) is 1. The average molecular weight is 369 g/mol. The Labute approximate surface area is 164 Å². The lowest BCUT2D eigenvalue weighted by molar-refractivity contribution is 0.0934. The van der Waals surface area contributed by atoms with Crippen molar-refractivity contribution in [3.8, 4) is 11.3 Å². The first-order valence-electron chi connectivity index (χ1n) is 9.44. The topological polar surface area (TPSA) is 46.4 Å². The number of carbonyl (C=O) groups excluding carboxylic acids is 1. The van der Waals surface area contributed by atoms with E-state index < -0.39 is 0 Å². The maximum Gasteiger partial charge on any atom is 0.271 e. The largest absolute Gasteiger partial charge is 0.344 e. The zero-order chi connectivity index (χ0) is 19.7. The van der Waals surface area contributed by atoms with Crippen LogP contribution in [0, 0.1) is 13.8 Å². The predicted octanol–water partition coefficient (Wildman–Crippen LogP) is 5.11. The molecule has 4 aromatic rings. The lowest BCUT2D eigenvalue weighted by Gasteiger charge is -2.15. The predicted molar refractivity (Wildman–Crippen MR) is 112 cm³/mol. The molecule has 2 aromatic carbocycles. The summed E-state index contributed by atoms with van der Waals surface area (Å²) in [7, 11) is 0. The number of nitrogens with one attached hydrogen (secondary N) is 1. The Hall–Kier alpha value is -3.40. The number of aryl methyl sites for hydroxylation is 2. The Morgan fingerprint density at radius 1 is 0.929 bits per heavy atom. The second-order valence-corrected chi connectivity index (χ2v) is 7.22. The van der Waals surface area contributed by atoms with E-state index in [1.54, 1.807) is 0 Å². The number of rotatable bonds is 4. The highest BCUT2D eigenvalue weighted by Gasteiger charge is 2.22. The van der Waals surface area contributed by atoms with Gasteiger partial charge in [0.2, 0.25) is 0 Å². The van der Waals surface area contributed by atoms with E-state index in [1.807, 2.05) is 98.1 Å². The van der Waals surface area contributed by atoms with Crippen molar-refractivity contribution in [2.75, 3.05) is 0 Å². The van der Waals surface area contributed by atoms with Crippen molar-refractivity contribution < 1.29 is 4.79 Å². The molecule has 1 amide bonds. The third kappa shape index (κ3) is 3.41. The molecule has 1 unspecified atom stereocenters. The van der Waals surface area contributed by atoms with Gasteiger partial charge in [-0.05, 0) is 38.0 Å². The minimum absolute atomic E-state index is 0.102. The van der Waals surface area contributed by atoms with Gasteiger partial charge in [-0.1, -0.05) is 66.2 Å². The number of fused-ring (bicyclic) bond motifs is 1. The second kappa shape index (κ2) is 7.31. The summed E-state index contributed by atoms with van der Waals surface area (Å²) in [5, 5.41) is 3.13. The molecule has 0 bridgehead atoms. The molecule has 0 aliphatic carbocycles. The quantitative estimate of drug-likeness (QED) is 0.543. The van der Waals surface area contributed by atoms with Gasteiger partial charge in [-0.25, -0.2) is 4.98 Å². The molecule has 0 fully saturated rings. The molecular weight excluding hydrogens is 346 g/mol. The van der Waals surface area contributed by atoms with Crippen LogP contribution in [0.4, 0.5) is 0 Å². The number of nitrogens with zero attached hydrogens (tertiary/aromatic N) is 2.